The minimum Gasteiger partial charge on any atom is -0.491 e. The van der Waals surface area contributed by atoms with E-state index in [1.165, 1.54) is 23.9 Å². The van der Waals surface area contributed by atoms with Crippen molar-refractivity contribution >= 4 is 17.4 Å². The Hall–Kier alpha value is -1.72. The van der Waals surface area contributed by atoms with Gasteiger partial charge in [0.15, 0.2) is 0 Å². The zero-order valence-corrected chi connectivity index (χ0v) is 11.6. The summed E-state index contributed by atoms with van der Waals surface area (Å²) in [6.07, 6.45) is -0.595. The average Bonchev–Trinajstić information content (AvgIpc) is 2.46. The molecule has 0 aliphatic heterocycles. The van der Waals surface area contributed by atoms with Gasteiger partial charge in [0.2, 0.25) is 0 Å². The summed E-state index contributed by atoms with van der Waals surface area (Å²) in [6.45, 7) is 0.206. The number of thioether (sulfide) groups is 1. The molecule has 106 valence electrons. The van der Waals surface area contributed by atoms with Crippen LogP contribution in [0.1, 0.15) is 0 Å². The Kier molecular flexibility index (Phi) is 5.26. The minimum absolute atomic E-state index is 0.206. The maximum Gasteiger partial charge on any atom is 0.123 e. The highest BCUT2D eigenvalue weighted by Gasteiger charge is 2.06. The van der Waals surface area contributed by atoms with E-state index in [0.717, 1.165) is 4.90 Å². The largest absolute Gasteiger partial charge is 0.491 e. The Labute approximate surface area is 121 Å². The number of aliphatic hydroxyl groups is 1. The van der Waals surface area contributed by atoms with Crippen LogP contribution in [0.4, 0.5) is 10.1 Å². The molecule has 0 saturated carbocycles. The third-order valence-corrected chi connectivity index (χ3v) is 3.74. The summed E-state index contributed by atoms with van der Waals surface area (Å²) >= 11 is 1.46. The van der Waals surface area contributed by atoms with Crippen molar-refractivity contribution in [3.8, 4) is 5.75 Å². The Morgan fingerprint density at radius 3 is 2.40 bits per heavy atom. The van der Waals surface area contributed by atoms with Crippen LogP contribution in [0, 0.1) is 5.82 Å². The number of hydrogen-bond acceptors (Lipinski definition) is 4. The number of anilines is 1. The zero-order chi connectivity index (χ0) is 14.4. The van der Waals surface area contributed by atoms with Crippen molar-refractivity contribution in [2.24, 2.45) is 0 Å². The predicted molar refractivity (Wildman–Crippen MR) is 79.5 cm³/mol. The monoisotopic (exact) mass is 293 g/mol. The van der Waals surface area contributed by atoms with E-state index in [1.54, 1.807) is 36.4 Å². The van der Waals surface area contributed by atoms with Crippen molar-refractivity contribution in [1.82, 2.24) is 0 Å². The molecular weight excluding hydrogens is 277 g/mol. The summed E-state index contributed by atoms with van der Waals surface area (Å²) < 4.78 is 18.2. The van der Waals surface area contributed by atoms with Gasteiger partial charge in [-0.15, -0.1) is 11.8 Å². The van der Waals surface area contributed by atoms with Gasteiger partial charge >= 0.3 is 0 Å². The Morgan fingerprint density at radius 1 is 1.10 bits per heavy atom. The van der Waals surface area contributed by atoms with Crippen LogP contribution < -0.4 is 10.5 Å². The van der Waals surface area contributed by atoms with Gasteiger partial charge in [0, 0.05) is 16.3 Å². The van der Waals surface area contributed by atoms with Crippen LogP contribution in [-0.4, -0.2) is 23.6 Å². The zero-order valence-electron chi connectivity index (χ0n) is 10.8. The summed E-state index contributed by atoms with van der Waals surface area (Å²) in [5, 5.41) is 9.84. The smallest absolute Gasteiger partial charge is 0.123 e. The molecule has 0 amide bonds. The normalized spacial score (nSPS) is 12.1. The molecule has 3 N–H and O–H groups in total. The van der Waals surface area contributed by atoms with Gasteiger partial charge in [-0.3, -0.25) is 0 Å². The molecule has 5 heteroatoms. The minimum atomic E-state index is -0.595. The van der Waals surface area contributed by atoms with Crippen molar-refractivity contribution in [2.75, 3.05) is 18.1 Å². The van der Waals surface area contributed by atoms with Gasteiger partial charge in [0.1, 0.15) is 18.2 Å². The van der Waals surface area contributed by atoms with Crippen LogP contribution >= 0.6 is 11.8 Å². The van der Waals surface area contributed by atoms with Gasteiger partial charge < -0.3 is 15.6 Å². The van der Waals surface area contributed by atoms with E-state index in [9.17, 15) is 9.50 Å². The van der Waals surface area contributed by atoms with Gasteiger partial charge in [-0.2, -0.15) is 0 Å². The van der Waals surface area contributed by atoms with Gasteiger partial charge in [0.05, 0.1) is 6.10 Å². The second-order valence-electron chi connectivity index (χ2n) is 4.30. The molecule has 0 aromatic heterocycles. The molecule has 0 aliphatic carbocycles. The van der Waals surface area contributed by atoms with Crippen molar-refractivity contribution in [3.05, 3.63) is 54.3 Å². The van der Waals surface area contributed by atoms with Crippen LogP contribution in [0.3, 0.4) is 0 Å². The molecule has 20 heavy (non-hydrogen) atoms. The van der Waals surface area contributed by atoms with Crippen LogP contribution in [0.25, 0.3) is 0 Å². The molecule has 2 aromatic rings. The molecule has 1 unspecified atom stereocenters. The van der Waals surface area contributed by atoms with Crippen LogP contribution in [0.2, 0.25) is 0 Å². The summed E-state index contributed by atoms with van der Waals surface area (Å²) in [5.41, 5.74) is 6.24. The number of benzene rings is 2. The standard InChI is InChI=1S/C15H16FNO2S/c16-11-1-7-15(8-2-11)20-10-13(18)9-19-14-5-3-12(17)4-6-14/h1-8,13,18H,9-10,17H2. The first-order chi connectivity index (χ1) is 9.63. The SMILES string of the molecule is Nc1ccc(OCC(O)CSc2ccc(F)cc2)cc1. The third kappa shape index (κ3) is 4.75. The predicted octanol–water partition coefficient (Wildman–Crippen LogP) is 2.94. The number of halogens is 1. The van der Waals surface area contributed by atoms with E-state index in [0.29, 0.717) is 17.2 Å². The van der Waals surface area contributed by atoms with Crippen molar-refractivity contribution in [1.29, 1.82) is 0 Å². The summed E-state index contributed by atoms with van der Waals surface area (Å²) in [5.74, 6) is 0.896. The maximum atomic E-state index is 12.7. The number of nitrogens with two attached hydrogens (primary N) is 1. The average molecular weight is 293 g/mol. The Bertz CT molecular complexity index is 481. The van der Waals surface area contributed by atoms with Crippen molar-refractivity contribution in [3.63, 3.8) is 0 Å². The molecule has 2 rings (SSSR count). The molecule has 0 fully saturated rings. The highest BCUT2D eigenvalue weighted by molar-refractivity contribution is 7.99. The maximum absolute atomic E-state index is 12.7. The number of nitrogen functional groups attached to an aromatic ring is 1. The quantitative estimate of drug-likeness (QED) is 0.635. The second-order valence-corrected chi connectivity index (χ2v) is 5.39. The fraction of sp³-hybridized carbons (Fsp3) is 0.200. The van der Waals surface area contributed by atoms with Crippen LogP contribution in [0.15, 0.2) is 53.4 Å². The number of ether oxygens (including phenoxy) is 1. The molecule has 2 aromatic carbocycles. The molecule has 0 bridgehead atoms. The number of aliphatic hydroxyl groups excluding tert-OH is 1. The van der Waals surface area contributed by atoms with Gasteiger partial charge in [-0.1, -0.05) is 0 Å². The van der Waals surface area contributed by atoms with Crippen molar-refractivity contribution in [2.45, 2.75) is 11.0 Å². The lowest BCUT2D eigenvalue weighted by atomic mass is 10.3. The van der Waals surface area contributed by atoms with E-state index in [4.69, 9.17) is 10.5 Å². The molecule has 0 heterocycles. The first-order valence-corrected chi connectivity index (χ1v) is 7.17. The fourth-order valence-electron chi connectivity index (χ4n) is 1.53. The second kappa shape index (κ2) is 7.17. The number of rotatable bonds is 6. The van der Waals surface area contributed by atoms with E-state index in [2.05, 4.69) is 0 Å². The van der Waals surface area contributed by atoms with E-state index < -0.39 is 6.10 Å². The molecule has 0 radical (unpaired) electrons. The Balaban J connectivity index is 1.73. The highest BCUT2D eigenvalue weighted by Crippen LogP contribution is 2.19. The summed E-state index contributed by atoms with van der Waals surface area (Å²) in [7, 11) is 0. The van der Waals surface area contributed by atoms with Crippen molar-refractivity contribution < 1.29 is 14.2 Å². The lowest BCUT2D eigenvalue weighted by molar-refractivity contribution is 0.126. The summed E-state index contributed by atoms with van der Waals surface area (Å²) in [4.78, 5) is 0.915. The molecule has 0 spiro atoms. The molecule has 1 atom stereocenters. The van der Waals surface area contributed by atoms with Gasteiger partial charge in [-0.25, -0.2) is 4.39 Å². The van der Waals surface area contributed by atoms with Crippen LogP contribution in [0.5, 0.6) is 5.75 Å². The van der Waals surface area contributed by atoms with Gasteiger partial charge in [-0.05, 0) is 48.5 Å². The van der Waals surface area contributed by atoms with Gasteiger partial charge in [0.25, 0.3) is 0 Å². The van der Waals surface area contributed by atoms with E-state index in [-0.39, 0.29) is 12.4 Å². The fourth-order valence-corrected chi connectivity index (χ4v) is 2.34. The van der Waals surface area contributed by atoms with Crippen LogP contribution in [-0.2, 0) is 0 Å². The summed E-state index contributed by atoms with van der Waals surface area (Å²) in [6, 6.07) is 13.2. The first-order valence-electron chi connectivity index (χ1n) is 6.18. The molecule has 3 nitrogen and oxygen atoms in total. The lowest BCUT2D eigenvalue weighted by Crippen LogP contribution is -2.20. The lowest BCUT2D eigenvalue weighted by Gasteiger charge is -2.12. The topological polar surface area (TPSA) is 55.5 Å². The highest BCUT2D eigenvalue weighted by atomic mass is 32.2. The van der Waals surface area contributed by atoms with E-state index in [1.807, 2.05) is 0 Å². The van der Waals surface area contributed by atoms with E-state index >= 15 is 0 Å². The molecule has 0 aliphatic rings. The first kappa shape index (κ1) is 14.7. The molecular formula is C15H16FNO2S. The third-order valence-electron chi connectivity index (χ3n) is 2.58. The number of hydrogen-bond donors (Lipinski definition) is 2. The Morgan fingerprint density at radius 2 is 1.75 bits per heavy atom. The molecule has 0 saturated heterocycles.